The standard InChI is InChI=1S/C15H17N3O/c1-11(4-3-5-12(2)18-15(16)17)14-8-6-13(10-19)7-9-14/h3-10H,1-2H3,(H3,16,17)/b5-3-,11-4+,18-12+. The highest BCUT2D eigenvalue weighted by molar-refractivity contribution is 6.00. The topological polar surface area (TPSA) is 79.3 Å². The third-order valence-electron chi connectivity index (χ3n) is 2.48. The van der Waals surface area contributed by atoms with Crippen molar-refractivity contribution in [1.82, 2.24) is 0 Å². The predicted octanol–water partition coefficient (Wildman–Crippen LogP) is 2.81. The van der Waals surface area contributed by atoms with E-state index in [0.29, 0.717) is 11.3 Å². The quantitative estimate of drug-likeness (QED) is 0.375. The Morgan fingerprint density at radius 3 is 2.42 bits per heavy atom. The Balaban J connectivity index is 2.78. The van der Waals surface area contributed by atoms with E-state index >= 15 is 0 Å². The van der Waals surface area contributed by atoms with Gasteiger partial charge in [0.25, 0.3) is 0 Å². The normalized spacial score (nSPS) is 12.7. The van der Waals surface area contributed by atoms with Crippen molar-refractivity contribution in [1.29, 1.82) is 5.41 Å². The first-order valence-corrected chi connectivity index (χ1v) is 5.83. The lowest BCUT2D eigenvalue weighted by atomic mass is 10.1. The molecule has 0 radical (unpaired) electrons. The number of guanidine groups is 1. The molecule has 0 unspecified atom stereocenters. The Labute approximate surface area is 112 Å². The van der Waals surface area contributed by atoms with Crippen LogP contribution >= 0.6 is 0 Å². The Bertz CT molecular complexity index is 551. The molecule has 0 fully saturated rings. The first kappa shape index (κ1) is 14.6. The Kier molecular flexibility index (Phi) is 5.41. The number of carbonyl (C=O) groups is 1. The van der Waals surface area contributed by atoms with Gasteiger partial charge in [-0.05, 0) is 31.1 Å². The number of hydrogen-bond donors (Lipinski definition) is 2. The molecule has 0 bridgehead atoms. The summed E-state index contributed by atoms with van der Waals surface area (Å²) in [5, 5.41) is 7.03. The van der Waals surface area contributed by atoms with Crippen molar-refractivity contribution in [2.75, 3.05) is 0 Å². The first-order valence-electron chi connectivity index (χ1n) is 5.83. The summed E-state index contributed by atoms with van der Waals surface area (Å²) in [5.74, 6) is -0.202. The minimum atomic E-state index is -0.202. The third-order valence-corrected chi connectivity index (χ3v) is 2.48. The zero-order valence-corrected chi connectivity index (χ0v) is 11.1. The van der Waals surface area contributed by atoms with Gasteiger partial charge in [-0.3, -0.25) is 10.2 Å². The molecule has 0 heterocycles. The maximum Gasteiger partial charge on any atom is 0.212 e. The SMILES string of the molecule is C\C(=C/C=C\C(C)=N\C(=N)N)c1ccc(C=O)cc1. The predicted molar refractivity (Wildman–Crippen MR) is 79.6 cm³/mol. The van der Waals surface area contributed by atoms with Gasteiger partial charge in [-0.25, -0.2) is 4.99 Å². The number of nitrogens with one attached hydrogen (secondary N) is 1. The maximum atomic E-state index is 10.6. The number of allylic oxidation sites excluding steroid dienone is 4. The van der Waals surface area contributed by atoms with Crippen molar-refractivity contribution in [3.05, 3.63) is 53.6 Å². The molecular weight excluding hydrogens is 238 g/mol. The van der Waals surface area contributed by atoms with E-state index in [9.17, 15) is 4.79 Å². The molecule has 0 spiro atoms. The summed E-state index contributed by atoms with van der Waals surface area (Å²) in [6, 6.07) is 7.37. The van der Waals surface area contributed by atoms with Crippen LogP contribution in [0.3, 0.4) is 0 Å². The molecule has 4 nitrogen and oxygen atoms in total. The number of aliphatic imine (C=N–C) groups is 1. The minimum Gasteiger partial charge on any atom is -0.368 e. The van der Waals surface area contributed by atoms with E-state index in [2.05, 4.69) is 4.99 Å². The van der Waals surface area contributed by atoms with E-state index < -0.39 is 0 Å². The molecule has 1 aromatic carbocycles. The van der Waals surface area contributed by atoms with E-state index in [1.54, 1.807) is 25.1 Å². The van der Waals surface area contributed by atoms with Crippen molar-refractivity contribution < 1.29 is 4.79 Å². The molecule has 19 heavy (non-hydrogen) atoms. The van der Waals surface area contributed by atoms with Crippen LogP contribution in [0.15, 0.2) is 47.5 Å². The van der Waals surface area contributed by atoms with Crippen LogP contribution < -0.4 is 5.73 Å². The van der Waals surface area contributed by atoms with Gasteiger partial charge in [0.1, 0.15) is 6.29 Å². The fourth-order valence-corrected chi connectivity index (χ4v) is 1.48. The summed E-state index contributed by atoms with van der Waals surface area (Å²) >= 11 is 0. The molecule has 4 heteroatoms. The van der Waals surface area contributed by atoms with Crippen molar-refractivity contribution in [3.8, 4) is 0 Å². The van der Waals surface area contributed by atoms with Gasteiger partial charge in [0.2, 0.25) is 5.96 Å². The minimum absolute atomic E-state index is 0.202. The highest BCUT2D eigenvalue weighted by Gasteiger charge is 1.94. The fraction of sp³-hybridized carbons (Fsp3) is 0.133. The highest BCUT2D eigenvalue weighted by Crippen LogP contribution is 2.14. The van der Waals surface area contributed by atoms with Gasteiger partial charge < -0.3 is 5.73 Å². The maximum absolute atomic E-state index is 10.6. The molecule has 3 N–H and O–H groups in total. The van der Waals surface area contributed by atoms with Gasteiger partial charge in [-0.15, -0.1) is 0 Å². The summed E-state index contributed by atoms with van der Waals surface area (Å²) in [7, 11) is 0. The monoisotopic (exact) mass is 255 g/mol. The highest BCUT2D eigenvalue weighted by atomic mass is 16.1. The summed E-state index contributed by atoms with van der Waals surface area (Å²) < 4.78 is 0. The van der Waals surface area contributed by atoms with Gasteiger partial charge in [0.05, 0.1) is 0 Å². The largest absolute Gasteiger partial charge is 0.368 e. The lowest BCUT2D eigenvalue weighted by Gasteiger charge is -2.00. The second kappa shape index (κ2) is 7.06. The van der Waals surface area contributed by atoms with E-state index in [4.69, 9.17) is 11.1 Å². The van der Waals surface area contributed by atoms with Crippen LogP contribution in [0.1, 0.15) is 29.8 Å². The third kappa shape index (κ3) is 5.12. The average Bonchev–Trinajstić information content (AvgIpc) is 2.37. The van der Waals surface area contributed by atoms with E-state index in [1.165, 1.54) is 0 Å². The molecule has 1 rings (SSSR count). The van der Waals surface area contributed by atoms with Crippen molar-refractivity contribution in [3.63, 3.8) is 0 Å². The van der Waals surface area contributed by atoms with Crippen LogP contribution in [0, 0.1) is 5.41 Å². The van der Waals surface area contributed by atoms with Crippen molar-refractivity contribution in [2.24, 2.45) is 10.7 Å². The van der Waals surface area contributed by atoms with E-state index in [1.807, 2.05) is 31.2 Å². The number of nitrogens with two attached hydrogens (primary N) is 1. The lowest BCUT2D eigenvalue weighted by Crippen LogP contribution is -2.07. The van der Waals surface area contributed by atoms with Crippen LogP contribution in [0.25, 0.3) is 5.57 Å². The van der Waals surface area contributed by atoms with Crippen molar-refractivity contribution >= 4 is 23.5 Å². The van der Waals surface area contributed by atoms with Gasteiger partial charge in [-0.1, -0.05) is 36.4 Å². The second-order valence-electron chi connectivity index (χ2n) is 4.09. The number of hydrogen-bond acceptors (Lipinski definition) is 2. The molecule has 1 aromatic rings. The Hall–Kier alpha value is -2.49. The smallest absolute Gasteiger partial charge is 0.212 e. The fourth-order valence-electron chi connectivity index (χ4n) is 1.48. The molecular formula is C15H17N3O. The van der Waals surface area contributed by atoms with Crippen LogP contribution in [-0.4, -0.2) is 18.0 Å². The number of carbonyl (C=O) groups excluding carboxylic acids is 1. The molecule has 0 aliphatic heterocycles. The summed E-state index contributed by atoms with van der Waals surface area (Å²) in [6.07, 6.45) is 6.40. The molecule has 0 amide bonds. The molecule has 0 aliphatic rings. The van der Waals surface area contributed by atoms with Crippen LogP contribution in [-0.2, 0) is 0 Å². The number of nitrogens with zero attached hydrogens (tertiary/aromatic N) is 1. The molecule has 0 aliphatic carbocycles. The molecule has 98 valence electrons. The molecule has 0 aromatic heterocycles. The Morgan fingerprint density at radius 1 is 1.26 bits per heavy atom. The number of benzene rings is 1. The number of aldehydes is 1. The van der Waals surface area contributed by atoms with E-state index in [-0.39, 0.29) is 5.96 Å². The van der Waals surface area contributed by atoms with Gasteiger partial charge >= 0.3 is 0 Å². The zero-order chi connectivity index (χ0) is 14.3. The lowest BCUT2D eigenvalue weighted by molar-refractivity contribution is 0.112. The Morgan fingerprint density at radius 2 is 1.89 bits per heavy atom. The number of rotatable bonds is 4. The zero-order valence-electron chi connectivity index (χ0n) is 11.1. The summed E-state index contributed by atoms with van der Waals surface area (Å²) in [6.45, 7) is 3.76. The van der Waals surface area contributed by atoms with Gasteiger partial charge in [-0.2, -0.15) is 0 Å². The molecule has 0 atom stereocenters. The first-order chi connectivity index (χ1) is 9.02. The molecule has 0 saturated heterocycles. The molecule has 0 saturated carbocycles. The summed E-state index contributed by atoms with van der Waals surface area (Å²) in [5.41, 5.74) is 8.62. The summed E-state index contributed by atoms with van der Waals surface area (Å²) in [4.78, 5) is 14.3. The van der Waals surface area contributed by atoms with E-state index in [0.717, 1.165) is 17.4 Å². The van der Waals surface area contributed by atoms with Gasteiger partial charge in [0, 0.05) is 11.3 Å². The van der Waals surface area contributed by atoms with Crippen molar-refractivity contribution in [2.45, 2.75) is 13.8 Å². The average molecular weight is 255 g/mol. The second-order valence-corrected chi connectivity index (χ2v) is 4.09. The van der Waals surface area contributed by atoms with Crippen LogP contribution in [0.4, 0.5) is 0 Å². The van der Waals surface area contributed by atoms with Crippen LogP contribution in [0.2, 0.25) is 0 Å². The van der Waals surface area contributed by atoms with Gasteiger partial charge in [0.15, 0.2) is 0 Å². The van der Waals surface area contributed by atoms with Crippen LogP contribution in [0.5, 0.6) is 0 Å².